The molecule has 1 heterocycles. The van der Waals surface area contributed by atoms with Gasteiger partial charge in [-0.15, -0.1) is 9.92 Å². The lowest BCUT2D eigenvalue weighted by atomic mass is 10.6. The molecule has 1 aliphatic heterocycles. The van der Waals surface area contributed by atoms with Crippen molar-refractivity contribution in [3.8, 4) is 0 Å². The molecule has 0 spiro atoms. The molecule has 0 aromatic rings. The molecule has 0 unspecified atom stereocenters. The molecule has 0 bridgehead atoms. The predicted molar refractivity (Wildman–Crippen MR) is 41.6 cm³/mol. The van der Waals surface area contributed by atoms with Crippen LogP contribution in [0.1, 0.15) is 0 Å². The Morgan fingerprint density at radius 1 is 1.69 bits per heavy atom. The van der Waals surface area contributed by atoms with Gasteiger partial charge in [-0.3, -0.25) is 5.01 Å². The standard InChI is InChI=1S/C5H7N5O3/c6-5(11)10(8-12)4-3-13-2-1-9(4)7/h1-3H,7H2,(H2,6,11). The lowest BCUT2D eigenvalue weighted by Crippen LogP contribution is -2.40. The summed E-state index contributed by atoms with van der Waals surface area (Å²) in [6.07, 6.45) is 3.61. The maximum atomic E-state index is 10.6. The Hall–Kier alpha value is -2.09. The van der Waals surface area contributed by atoms with Gasteiger partial charge in [-0.05, 0) is 0 Å². The van der Waals surface area contributed by atoms with Crippen LogP contribution in [-0.2, 0) is 4.74 Å². The lowest BCUT2D eigenvalue weighted by molar-refractivity contribution is 0.194. The smallest absolute Gasteiger partial charge is 0.344 e. The fraction of sp³-hybridized carbons (Fsp3) is 0. The van der Waals surface area contributed by atoms with E-state index in [1.807, 2.05) is 0 Å². The van der Waals surface area contributed by atoms with Gasteiger partial charge in [0, 0.05) is 0 Å². The Kier molecular flexibility index (Phi) is 2.45. The van der Waals surface area contributed by atoms with Crippen molar-refractivity contribution in [2.45, 2.75) is 0 Å². The van der Waals surface area contributed by atoms with E-state index in [-0.39, 0.29) is 5.82 Å². The second-order valence-corrected chi connectivity index (χ2v) is 2.04. The van der Waals surface area contributed by atoms with Gasteiger partial charge in [0.2, 0.25) is 0 Å². The topological polar surface area (TPSA) is 114 Å². The third-order valence-electron chi connectivity index (χ3n) is 1.25. The second-order valence-electron chi connectivity index (χ2n) is 2.04. The summed E-state index contributed by atoms with van der Waals surface area (Å²) < 4.78 is 4.67. The molecule has 8 nitrogen and oxygen atoms in total. The van der Waals surface area contributed by atoms with E-state index in [1.165, 1.54) is 12.5 Å². The van der Waals surface area contributed by atoms with Crippen molar-refractivity contribution in [2.75, 3.05) is 0 Å². The third kappa shape index (κ3) is 1.73. The van der Waals surface area contributed by atoms with Crippen molar-refractivity contribution in [2.24, 2.45) is 16.9 Å². The zero-order valence-electron chi connectivity index (χ0n) is 6.45. The molecular weight excluding hydrogens is 178 g/mol. The van der Waals surface area contributed by atoms with Crippen LogP contribution in [0.5, 0.6) is 0 Å². The summed E-state index contributed by atoms with van der Waals surface area (Å²) in [4.78, 5) is 20.8. The molecule has 0 aromatic heterocycles. The Morgan fingerprint density at radius 2 is 2.38 bits per heavy atom. The molecule has 1 rings (SSSR count). The minimum Gasteiger partial charge on any atom is -0.467 e. The highest BCUT2D eigenvalue weighted by Crippen LogP contribution is 2.11. The number of urea groups is 1. The van der Waals surface area contributed by atoms with E-state index < -0.39 is 6.03 Å². The Balaban J connectivity index is 2.85. The van der Waals surface area contributed by atoms with Gasteiger partial charge in [-0.1, -0.05) is 0 Å². The Morgan fingerprint density at radius 3 is 2.85 bits per heavy atom. The van der Waals surface area contributed by atoms with Crippen molar-refractivity contribution >= 4 is 6.03 Å². The quantitative estimate of drug-likeness (QED) is 0.342. The van der Waals surface area contributed by atoms with Gasteiger partial charge < -0.3 is 10.5 Å². The van der Waals surface area contributed by atoms with Crippen molar-refractivity contribution < 1.29 is 9.53 Å². The number of amides is 2. The SMILES string of the molecule is NC(=O)N(N=O)C1=COC=CN1N. The highest BCUT2D eigenvalue weighted by Gasteiger charge is 2.21. The minimum absolute atomic E-state index is 0.0648. The average molecular weight is 185 g/mol. The number of carbonyl (C=O) groups is 1. The van der Waals surface area contributed by atoms with Crippen LogP contribution in [0.25, 0.3) is 0 Å². The van der Waals surface area contributed by atoms with Gasteiger partial charge >= 0.3 is 6.03 Å². The van der Waals surface area contributed by atoms with Gasteiger partial charge in [-0.2, -0.15) is 0 Å². The second kappa shape index (κ2) is 3.54. The van der Waals surface area contributed by atoms with Crippen LogP contribution in [0.2, 0.25) is 0 Å². The van der Waals surface area contributed by atoms with Crippen LogP contribution in [0, 0.1) is 4.91 Å². The molecule has 0 saturated heterocycles. The number of rotatable bonds is 2. The number of hydrogen-bond acceptors (Lipinski definition) is 6. The first-order valence-corrected chi connectivity index (χ1v) is 3.16. The van der Waals surface area contributed by atoms with Crippen molar-refractivity contribution in [1.82, 2.24) is 10.0 Å². The maximum Gasteiger partial charge on any atom is 0.344 e. The van der Waals surface area contributed by atoms with Gasteiger partial charge in [0.15, 0.2) is 5.82 Å². The summed E-state index contributed by atoms with van der Waals surface area (Å²) in [6.45, 7) is 0. The van der Waals surface area contributed by atoms with E-state index in [9.17, 15) is 9.70 Å². The number of hydrogen-bond donors (Lipinski definition) is 2. The first-order chi connectivity index (χ1) is 6.16. The molecule has 0 radical (unpaired) electrons. The van der Waals surface area contributed by atoms with Gasteiger partial charge in [0.25, 0.3) is 0 Å². The monoisotopic (exact) mass is 185 g/mol. The molecule has 1 aliphatic rings. The fourth-order valence-corrected chi connectivity index (χ4v) is 0.692. The largest absolute Gasteiger partial charge is 0.467 e. The Labute approximate surface area is 72.9 Å². The number of hydrazine groups is 1. The number of carbonyl (C=O) groups excluding carboxylic acids is 1. The summed E-state index contributed by atoms with van der Waals surface area (Å²) in [5.41, 5.74) is 4.83. The van der Waals surface area contributed by atoms with Gasteiger partial charge in [0.05, 0.1) is 11.5 Å². The molecule has 2 amide bonds. The molecule has 0 aliphatic carbocycles. The van der Waals surface area contributed by atoms with Crippen LogP contribution >= 0.6 is 0 Å². The fourth-order valence-electron chi connectivity index (χ4n) is 0.692. The van der Waals surface area contributed by atoms with E-state index >= 15 is 0 Å². The number of nitroso groups, excluding NO2 is 1. The maximum absolute atomic E-state index is 10.6. The van der Waals surface area contributed by atoms with Crippen molar-refractivity contribution in [3.05, 3.63) is 29.5 Å². The summed E-state index contributed by atoms with van der Waals surface area (Å²) in [5.74, 6) is 5.28. The number of nitrogens with two attached hydrogens (primary N) is 2. The van der Waals surface area contributed by atoms with E-state index in [0.717, 1.165) is 11.3 Å². The lowest BCUT2D eigenvalue weighted by Gasteiger charge is -2.23. The molecule has 0 saturated carbocycles. The third-order valence-corrected chi connectivity index (χ3v) is 1.25. The van der Waals surface area contributed by atoms with E-state index in [2.05, 4.69) is 10.0 Å². The van der Waals surface area contributed by atoms with E-state index in [0.29, 0.717) is 5.01 Å². The molecule has 0 fully saturated rings. The first-order valence-electron chi connectivity index (χ1n) is 3.16. The molecule has 0 aromatic carbocycles. The minimum atomic E-state index is -1.05. The number of nitrogens with zero attached hydrogens (tertiary/aromatic N) is 3. The van der Waals surface area contributed by atoms with Crippen molar-refractivity contribution in [1.29, 1.82) is 0 Å². The highest BCUT2D eigenvalue weighted by atomic mass is 16.5. The molecule has 0 atom stereocenters. The van der Waals surface area contributed by atoms with Crippen LogP contribution in [0.4, 0.5) is 4.79 Å². The zero-order valence-corrected chi connectivity index (χ0v) is 6.45. The summed E-state index contributed by atoms with van der Waals surface area (Å²) in [6, 6.07) is -1.05. The van der Waals surface area contributed by atoms with Crippen molar-refractivity contribution in [3.63, 3.8) is 0 Å². The molecule has 13 heavy (non-hydrogen) atoms. The molecule has 4 N–H and O–H groups in total. The van der Waals surface area contributed by atoms with Crippen LogP contribution in [-0.4, -0.2) is 16.0 Å². The molecule has 70 valence electrons. The van der Waals surface area contributed by atoms with E-state index in [4.69, 9.17) is 11.6 Å². The van der Waals surface area contributed by atoms with Gasteiger partial charge in [0.1, 0.15) is 12.5 Å². The number of ether oxygens (including phenoxy) is 1. The highest BCUT2D eigenvalue weighted by molar-refractivity contribution is 5.73. The zero-order chi connectivity index (χ0) is 9.84. The van der Waals surface area contributed by atoms with Crippen LogP contribution in [0.3, 0.4) is 0 Å². The Bertz CT molecular complexity index is 286. The predicted octanol–water partition coefficient (Wildman–Crippen LogP) is -0.475. The molecule has 8 heteroatoms. The van der Waals surface area contributed by atoms with Gasteiger partial charge in [-0.25, -0.2) is 10.6 Å². The average Bonchev–Trinajstić information content (AvgIpc) is 2.09. The normalized spacial score (nSPS) is 14.5. The first kappa shape index (κ1) is 9.00. The number of primary amides is 1. The van der Waals surface area contributed by atoms with Crippen LogP contribution in [0.15, 0.2) is 29.8 Å². The summed E-state index contributed by atoms with van der Waals surface area (Å²) in [7, 11) is 0. The van der Waals surface area contributed by atoms with E-state index in [1.54, 1.807) is 0 Å². The van der Waals surface area contributed by atoms with Crippen LogP contribution < -0.4 is 11.6 Å². The summed E-state index contributed by atoms with van der Waals surface area (Å²) in [5, 5.41) is 3.70. The molecular formula is C5H7N5O3. The summed E-state index contributed by atoms with van der Waals surface area (Å²) >= 11 is 0.